The molecule has 2 heteroatoms. The van der Waals surface area contributed by atoms with E-state index in [1.54, 1.807) is 0 Å². The Hall–Kier alpha value is -0.0800. The molecule has 0 aromatic rings. The molecule has 0 radical (unpaired) electrons. The van der Waals surface area contributed by atoms with E-state index in [1.165, 1.54) is 6.54 Å². The Morgan fingerprint density at radius 3 is 2.06 bits per heavy atom. The molecule has 2 atom stereocenters. The van der Waals surface area contributed by atoms with Crippen LogP contribution in [0.4, 0.5) is 0 Å². The normalized spacial score (nSPS) is 32.6. The summed E-state index contributed by atoms with van der Waals surface area (Å²) in [6, 6.07) is 0.663. The van der Waals surface area contributed by atoms with Gasteiger partial charge in [0.2, 0.25) is 0 Å². The van der Waals surface area contributed by atoms with Crippen LogP contribution in [-0.2, 0) is 0 Å². The fourth-order valence-electron chi connectivity index (χ4n) is 3.10. The van der Waals surface area contributed by atoms with Gasteiger partial charge in [-0.1, -0.05) is 20.8 Å². The monoisotopic (exact) mass is 226 g/mol. The van der Waals surface area contributed by atoms with Crippen LogP contribution >= 0.6 is 0 Å². The molecule has 0 aromatic heterocycles. The maximum atomic E-state index is 3.34. The summed E-state index contributed by atoms with van der Waals surface area (Å²) in [5.74, 6) is 0. The summed E-state index contributed by atoms with van der Waals surface area (Å²) in [5, 5.41) is 3.34. The summed E-state index contributed by atoms with van der Waals surface area (Å²) in [7, 11) is 2.05. The molecule has 1 N–H and O–H groups in total. The van der Waals surface area contributed by atoms with Crippen LogP contribution in [0.1, 0.15) is 48.5 Å². The van der Waals surface area contributed by atoms with Crippen LogP contribution in [0.15, 0.2) is 0 Å². The predicted molar refractivity (Wildman–Crippen MR) is 71.7 cm³/mol. The molecule has 1 heterocycles. The van der Waals surface area contributed by atoms with E-state index in [-0.39, 0.29) is 0 Å². The van der Waals surface area contributed by atoms with Crippen molar-refractivity contribution >= 4 is 0 Å². The van der Waals surface area contributed by atoms with Crippen molar-refractivity contribution in [2.24, 2.45) is 10.8 Å². The Morgan fingerprint density at radius 2 is 1.75 bits per heavy atom. The standard InChI is InChI=1S/C14H30N2/c1-11-14(7,13(5,6)9-15-8)10-16(11)12(2,3)4/h11,15H,9-10H2,1-8H3. The van der Waals surface area contributed by atoms with E-state index in [0.29, 0.717) is 22.4 Å². The molecule has 1 aliphatic heterocycles. The Morgan fingerprint density at radius 1 is 1.25 bits per heavy atom. The Bertz CT molecular complexity index is 252. The smallest absolute Gasteiger partial charge is 0.0144 e. The summed E-state index contributed by atoms with van der Waals surface area (Å²) in [4.78, 5) is 2.62. The van der Waals surface area contributed by atoms with E-state index in [4.69, 9.17) is 0 Å². The maximum Gasteiger partial charge on any atom is 0.0144 e. The third-order valence-electron chi connectivity index (χ3n) is 4.91. The number of hydrogen-bond acceptors (Lipinski definition) is 2. The molecule has 0 aliphatic carbocycles. The van der Waals surface area contributed by atoms with Gasteiger partial charge in [0.15, 0.2) is 0 Å². The number of likely N-dealkylation sites (tertiary alicyclic amines) is 1. The van der Waals surface area contributed by atoms with E-state index < -0.39 is 0 Å². The lowest BCUT2D eigenvalue weighted by atomic mass is 9.56. The van der Waals surface area contributed by atoms with Crippen molar-refractivity contribution in [3.05, 3.63) is 0 Å². The molecule has 2 nitrogen and oxygen atoms in total. The summed E-state index contributed by atoms with van der Waals surface area (Å²) < 4.78 is 0. The van der Waals surface area contributed by atoms with Crippen LogP contribution < -0.4 is 5.32 Å². The highest BCUT2D eigenvalue weighted by molar-refractivity contribution is 5.09. The molecule has 0 aromatic carbocycles. The van der Waals surface area contributed by atoms with Crippen LogP contribution in [0.3, 0.4) is 0 Å². The topological polar surface area (TPSA) is 15.3 Å². The van der Waals surface area contributed by atoms with Crippen molar-refractivity contribution in [1.82, 2.24) is 10.2 Å². The highest BCUT2D eigenvalue weighted by atomic mass is 15.3. The summed E-state index contributed by atoms with van der Waals surface area (Å²) >= 11 is 0. The maximum absolute atomic E-state index is 3.34. The Balaban J connectivity index is 2.78. The van der Waals surface area contributed by atoms with Gasteiger partial charge >= 0.3 is 0 Å². The van der Waals surface area contributed by atoms with Gasteiger partial charge in [-0.05, 0) is 40.2 Å². The first-order valence-corrected chi connectivity index (χ1v) is 6.47. The van der Waals surface area contributed by atoms with Crippen molar-refractivity contribution in [1.29, 1.82) is 0 Å². The highest BCUT2D eigenvalue weighted by Gasteiger charge is 2.56. The van der Waals surface area contributed by atoms with Gasteiger partial charge in [0.25, 0.3) is 0 Å². The molecule has 1 fully saturated rings. The first-order valence-electron chi connectivity index (χ1n) is 6.47. The minimum Gasteiger partial charge on any atom is -0.319 e. The molecule has 0 spiro atoms. The summed E-state index contributed by atoms with van der Waals surface area (Å²) in [5.41, 5.74) is 1.07. The highest BCUT2D eigenvalue weighted by Crippen LogP contribution is 2.52. The van der Waals surface area contributed by atoms with Gasteiger partial charge in [0, 0.05) is 30.1 Å². The molecule has 0 amide bonds. The van der Waals surface area contributed by atoms with Gasteiger partial charge in [-0.3, -0.25) is 4.90 Å². The fraction of sp³-hybridized carbons (Fsp3) is 1.00. The van der Waals surface area contributed by atoms with Crippen molar-refractivity contribution in [2.45, 2.75) is 60.0 Å². The largest absolute Gasteiger partial charge is 0.319 e. The van der Waals surface area contributed by atoms with Gasteiger partial charge in [-0.15, -0.1) is 0 Å². The molecular weight excluding hydrogens is 196 g/mol. The van der Waals surface area contributed by atoms with Crippen molar-refractivity contribution < 1.29 is 0 Å². The minimum absolute atomic E-state index is 0.300. The average Bonchev–Trinajstić information content (AvgIpc) is 2.10. The fourth-order valence-corrected chi connectivity index (χ4v) is 3.10. The van der Waals surface area contributed by atoms with Crippen molar-refractivity contribution in [3.63, 3.8) is 0 Å². The lowest BCUT2D eigenvalue weighted by Gasteiger charge is -2.65. The quantitative estimate of drug-likeness (QED) is 0.796. The SMILES string of the molecule is CNCC(C)(C)C1(C)CN(C(C)(C)C)C1C. The summed E-state index contributed by atoms with van der Waals surface area (Å²) in [6.45, 7) is 18.8. The molecule has 1 rings (SSSR count). The third kappa shape index (κ3) is 2.02. The zero-order valence-corrected chi connectivity index (χ0v) is 12.4. The van der Waals surface area contributed by atoms with Crippen molar-refractivity contribution in [2.75, 3.05) is 20.1 Å². The number of nitrogens with one attached hydrogen (secondary N) is 1. The third-order valence-corrected chi connectivity index (χ3v) is 4.91. The van der Waals surface area contributed by atoms with Crippen molar-refractivity contribution in [3.8, 4) is 0 Å². The number of nitrogens with zero attached hydrogens (tertiary/aromatic N) is 1. The van der Waals surface area contributed by atoms with Gasteiger partial charge < -0.3 is 5.32 Å². The molecule has 0 saturated carbocycles. The molecule has 2 unspecified atom stereocenters. The number of hydrogen-bond donors (Lipinski definition) is 1. The van der Waals surface area contributed by atoms with E-state index >= 15 is 0 Å². The molecule has 96 valence electrons. The predicted octanol–water partition coefficient (Wildman–Crippen LogP) is 2.74. The number of rotatable bonds is 3. The van der Waals surface area contributed by atoms with Gasteiger partial charge in [0.05, 0.1) is 0 Å². The zero-order valence-electron chi connectivity index (χ0n) is 12.4. The molecule has 16 heavy (non-hydrogen) atoms. The molecule has 0 bridgehead atoms. The van der Waals surface area contributed by atoms with E-state index in [9.17, 15) is 0 Å². The van der Waals surface area contributed by atoms with E-state index in [2.05, 4.69) is 65.7 Å². The van der Waals surface area contributed by atoms with E-state index in [1.807, 2.05) is 0 Å². The second kappa shape index (κ2) is 3.99. The van der Waals surface area contributed by atoms with Gasteiger partial charge in [-0.2, -0.15) is 0 Å². The van der Waals surface area contributed by atoms with Crippen LogP contribution in [0.25, 0.3) is 0 Å². The van der Waals surface area contributed by atoms with Gasteiger partial charge in [0.1, 0.15) is 0 Å². The second-order valence-electron chi connectivity index (χ2n) is 7.31. The molecule has 1 saturated heterocycles. The lowest BCUT2D eigenvalue weighted by molar-refractivity contribution is -0.162. The zero-order chi connectivity index (χ0) is 12.8. The van der Waals surface area contributed by atoms with E-state index in [0.717, 1.165) is 6.54 Å². The van der Waals surface area contributed by atoms with Crippen LogP contribution in [-0.4, -0.2) is 36.6 Å². The van der Waals surface area contributed by atoms with Crippen LogP contribution in [0.5, 0.6) is 0 Å². The van der Waals surface area contributed by atoms with Crippen LogP contribution in [0, 0.1) is 10.8 Å². The van der Waals surface area contributed by atoms with Crippen LogP contribution in [0.2, 0.25) is 0 Å². The lowest BCUT2D eigenvalue weighted by Crippen LogP contribution is -2.72. The average molecular weight is 226 g/mol. The first kappa shape index (κ1) is 14.0. The minimum atomic E-state index is 0.300. The Kier molecular flexibility index (Phi) is 3.49. The summed E-state index contributed by atoms with van der Waals surface area (Å²) in [6.07, 6.45) is 0. The van der Waals surface area contributed by atoms with Gasteiger partial charge in [-0.25, -0.2) is 0 Å². The Labute approximate surface area is 102 Å². The second-order valence-corrected chi connectivity index (χ2v) is 7.31. The first-order chi connectivity index (χ1) is 7.06. The molecule has 1 aliphatic rings. The molecular formula is C14H30N2.